The molecule has 2 N–H and O–H groups in total. The zero-order valence-corrected chi connectivity index (χ0v) is 10.8. The molecule has 1 atom stereocenters. The van der Waals surface area contributed by atoms with Crippen molar-refractivity contribution in [2.45, 2.75) is 45.6 Å². The Hall–Kier alpha value is -0.600. The van der Waals surface area contributed by atoms with Gasteiger partial charge in [-0.1, -0.05) is 38.3 Å². The molecule has 0 saturated heterocycles. The number of aryl methyl sites for hydroxylation is 1. The molecule has 0 fully saturated rings. The summed E-state index contributed by atoms with van der Waals surface area (Å²) in [7, 11) is 0. The molecule has 0 aliphatic carbocycles. The lowest BCUT2D eigenvalue weighted by atomic mass is 10.00. The molecule has 16 heavy (non-hydrogen) atoms. The molecule has 0 aromatic heterocycles. The van der Waals surface area contributed by atoms with E-state index in [-0.39, 0.29) is 24.3 Å². The second kappa shape index (κ2) is 7.64. The van der Waals surface area contributed by atoms with Gasteiger partial charge in [0, 0.05) is 6.04 Å². The lowest BCUT2D eigenvalue weighted by Gasteiger charge is -2.12. The number of rotatable bonds is 5. The van der Waals surface area contributed by atoms with Crippen molar-refractivity contribution in [2.75, 3.05) is 0 Å². The fraction of sp³-hybridized carbons (Fsp3) is 0.538. The maximum atomic E-state index is 13.0. The zero-order chi connectivity index (χ0) is 11.3. The summed E-state index contributed by atoms with van der Waals surface area (Å²) in [6.07, 6.45) is 4.55. The van der Waals surface area contributed by atoms with Crippen molar-refractivity contribution >= 4 is 12.4 Å². The third-order valence-corrected chi connectivity index (χ3v) is 2.73. The summed E-state index contributed by atoms with van der Waals surface area (Å²) in [5.74, 6) is -0.153. The Bertz CT molecular complexity index is 315. The Balaban J connectivity index is 0.00000225. The van der Waals surface area contributed by atoms with Gasteiger partial charge in [0.1, 0.15) is 5.82 Å². The first-order valence-corrected chi connectivity index (χ1v) is 5.66. The van der Waals surface area contributed by atoms with Gasteiger partial charge in [-0.3, -0.25) is 0 Å². The maximum Gasteiger partial charge on any atom is 0.126 e. The molecule has 92 valence electrons. The molecule has 0 amide bonds. The Morgan fingerprint density at radius 2 is 2.00 bits per heavy atom. The summed E-state index contributed by atoms with van der Waals surface area (Å²) in [5, 5.41) is 0. The third kappa shape index (κ3) is 4.50. The number of benzene rings is 1. The molecule has 0 radical (unpaired) electrons. The minimum atomic E-state index is -0.153. The fourth-order valence-electron chi connectivity index (χ4n) is 1.68. The van der Waals surface area contributed by atoms with Crippen molar-refractivity contribution in [3.8, 4) is 0 Å². The number of hydrogen-bond acceptors (Lipinski definition) is 1. The summed E-state index contributed by atoms with van der Waals surface area (Å²) >= 11 is 0. The first-order valence-electron chi connectivity index (χ1n) is 5.66. The average Bonchev–Trinajstić information content (AvgIpc) is 2.22. The summed E-state index contributed by atoms with van der Waals surface area (Å²) in [6.45, 7) is 3.95. The highest BCUT2D eigenvalue weighted by Gasteiger charge is 2.07. The Labute approximate surface area is 104 Å². The summed E-state index contributed by atoms with van der Waals surface area (Å²) in [5.41, 5.74) is 7.76. The van der Waals surface area contributed by atoms with Crippen LogP contribution in [0.5, 0.6) is 0 Å². The molecule has 0 heterocycles. The first kappa shape index (κ1) is 15.4. The standard InChI is InChI=1S/C13H20FN.ClH/c1-3-4-5-6-13(15)11-7-8-12(14)10(2)9-11;/h7-9,13H,3-6,15H2,1-2H3;1H/t13-;/m0./s1. The van der Waals surface area contributed by atoms with Crippen LogP contribution in [-0.2, 0) is 0 Å². The predicted octanol–water partition coefficient (Wildman–Crippen LogP) is 4.14. The van der Waals surface area contributed by atoms with Gasteiger partial charge in [-0.15, -0.1) is 12.4 Å². The van der Waals surface area contributed by atoms with Crippen LogP contribution in [0.25, 0.3) is 0 Å². The van der Waals surface area contributed by atoms with Crippen LogP contribution in [-0.4, -0.2) is 0 Å². The summed E-state index contributed by atoms with van der Waals surface area (Å²) in [6, 6.07) is 5.20. The maximum absolute atomic E-state index is 13.0. The van der Waals surface area contributed by atoms with Crippen molar-refractivity contribution in [3.05, 3.63) is 35.1 Å². The minimum Gasteiger partial charge on any atom is -0.324 e. The predicted molar refractivity (Wildman–Crippen MR) is 69.5 cm³/mol. The zero-order valence-electron chi connectivity index (χ0n) is 10.0. The van der Waals surface area contributed by atoms with Crippen molar-refractivity contribution in [2.24, 2.45) is 5.73 Å². The van der Waals surface area contributed by atoms with E-state index in [1.54, 1.807) is 13.0 Å². The van der Waals surface area contributed by atoms with E-state index in [1.807, 2.05) is 6.07 Å². The highest BCUT2D eigenvalue weighted by molar-refractivity contribution is 5.85. The largest absolute Gasteiger partial charge is 0.324 e. The van der Waals surface area contributed by atoms with Crippen LogP contribution < -0.4 is 5.73 Å². The molecule has 0 spiro atoms. The van der Waals surface area contributed by atoms with Crippen molar-refractivity contribution < 1.29 is 4.39 Å². The third-order valence-electron chi connectivity index (χ3n) is 2.73. The van der Waals surface area contributed by atoms with E-state index < -0.39 is 0 Å². The van der Waals surface area contributed by atoms with Crippen LogP contribution in [0.4, 0.5) is 4.39 Å². The first-order chi connectivity index (χ1) is 7.15. The molecular weight excluding hydrogens is 225 g/mol. The SMILES string of the molecule is CCCCC[C@H](N)c1ccc(F)c(C)c1.Cl. The lowest BCUT2D eigenvalue weighted by Crippen LogP contribution is -2.10. The molecule has 1 aromatic carbocycles. The fourth-order valence-corrected chi connectivity index (χ4v) is 1.68. The molecular formula is C13H21ClFN. The Kier molecular flexibility index (Phi) is 7.35. The lowest BCUT2D eigenvalue weighted by molar-refractivity contribution is 0.576. The van der Waals surface area contributed by atoms with Gasteiger partial charge in [0.2, 0.25) is 0 Å². The second-order valence-corrected chi connectivity index (χ2v) is 4.11. The van der Waals surface area contributed by atoms with Crippen LogP contribution in [0, 0.1) is 12.7 Å². The van der Waals surface area contributed by atoms with Crippen molar-refractivity contribution in [3.63, 3.8) is 0 Å². The smallest absolute Gasteiger partial charge is 0.126 e. The van der Waals surface area contributed by atoms with Gasteiger partial charge in [0.25, 0.3) is 0 Å². The van der Waals surface area contributed by atoms with E-state index in [0.717, 1.165) is 18.4 Å². The number of unbranched alkanes of at least 4 members (excludes halogenated alkanes) is 2. The van der Waals surface area contributed by atoms with E-state index >= 15 is 0 Å². The van der Waals surface area contributed by atoms with Crippen LogP contribution in [0.3, 0.4) is 0 Å². The van der Waals surface area contributed by atoms with E-state index in [2.05, 4.69) is 6.92 Å². The Morgan fingerprint density at radius 3 is 2.56 bits per heavy atom. The Morgan fingerprint density at radius 1 is 1.31 bits per heavy atom. The molecule has 0 aliphatic heterocycles. The van der Waals surface area contributed by atoms with E-state index in [4.69, 9.17) is 5.73 Å². The highest BCUT2D eigenvalue weighted by atomic mass is 35.5. The topological polar surface area (TPSA) is 26.0 Å². The molecule has 0 unspecified atom stereocenters. The van der Waals surface area contributed by atoms with Gasteiger partial charge in [0.15, 0.2) is 0 Å². The normalized spacial score (nSPS) is 12.0. The minimum absolute atomic E-state index is 0. The van der Waals surface area contributed by atoms with Gasteiger partial charge in [-0.05, 0) is 30.5 Å². The van der Waals surface area contributed by atoms with Gasteiger partial charge < -0.3 is 5.73 Å². The van der Waals surface area contributed by atoms with Gasteiger partial charge in [0.05, 0.1) is 0 Å². The van der Waals surface area contributed by atoms with Crippen LogP contribution >= 0.6 is 12.4 Å². The number of nitrogens with two attached hydrogens (primary N) is 1. The number of hydrogen-bond donors (Lipinski definition) is 1. The number of halogens is 2. The average molecular weight is 246 g/mol. The molecule has 1 nitrogen and oxygen atoms in total. The van der Waals surface area contributed by atoms with Crippen molar-refractivity contribution in [1.82, 2.24) is 0 Å². The van der Waals surface area contributed by atoms with Crippen molar-refractivity contribution in [1.29, 1.82) is 0 Å². The van der Waals surface area contributed by atoms with Crippen LogP contribution in [0.2, 0.25) is 0 Å². The van der Waals surface area contributed by atoms with E-state index in [9.17, 15) is 4.39 Å². The van der Waals surface area contributed by atoms with E-state index in [0.29, 0.717) is 5.56 Å². The quantitative estimate of drug-likeness (QED) is 0.776. The molecule has 0 saturated carbocycles. The molecule has 3 heteroatoms. The second-order valence-electron chi connectivity index (χ2n) is 4.11. The van der Waals surface area contributed by atoms with E-state index in [1.165, 1.54) is 18.9 Å². The van der Waals surface area contributed by atoms with Gasteiger partial charge >= 0.3 is 0 Å². The summed E-state index contributed by atoms with van der Waals surface area (Å²) in [4.78, 5) is 0. The molecule has 1 rings (SSSR count). The van der Waals surface area contributed by atoms with Gasteiger partial charge in [-0.2, -0.15) is 0 Å². The molecule has 1 aromatic rings. The monoisotopic (exact) mass is 245 g/mol. The molecule has 0 aliphatic rings. The van der Waals surface area contributed by atoms with Gasteiger partial charge in [-0.25, -0.2) is 4.39 Å². The summed E-state index contributed by atoms with van der Waals surface area (Å²) < 4.78 is 13.0. The van der Waals surface area contributed by atoms with Crippen LogP contribution in [0.15, 0.2) is 18.2 Å². The van der Waals surface area contributed by atoms with Crippen LogP contribution in [0.1, 0.15) is 49.8 Å². The molecule has 0 bridgehead atoms. The highest BCUT2D eigenvalue weighted by Crippen LogP contribution is 2.19.